The zero-order valence-electron chi connectivity index (χ0n) is 12.4. The van der Waals surface area contributed by atoms with Gasteiger partial charge in [-0.05, 0) is 34.1 Å². The maximum atomic E-state index is 12.1. The van der Waals surface area contributed by atoms with Crippen molar-refractivity contribution >= 4 is 12.1 Å². The van der Waals surface area contributed by atoms with E-state index in [4.69, 9.17) is 15.2 Å². The molecule has 1 heterocycles. The average Bonchev–Trinajstić information content (AvgIpc) is 2.24. The summed E-state index contributed by atoms with van der Waals surface area (Å²) in [6.07, 6.45) is 0.0525. The van der Waals surface area contributed by atoms with Crippen molar-refractivity contribution in [3.63, 3.8) is 0 Å². The molecule has 0 spiro atoms. The molecule has 0 saturated carbocycles. The van der Waals surface area contributed by atoms with Crippen LogP contribution in [0.3, 0.4) is 0 Å². The van der Waals surface area contributed by atoms with Gasteiger partial charge in [0.1, 0.15) is 5.60 Å². The first-order valence-electron chi connectivity index (χ1n) is 6.39. The number of amides is 1. The van der Waals surface area contributed by atoms with Crippen LogP contribution < -0.4 is 5.73 Å². The number of rotatable bonds is 1. The summed E-state index contributed by atoms with van der Waals surface area (Å²) in [7, 11) is 1.34. The molecule has 1 saturated heterocycles. The van der Waals surface area contributed by atoms with Crippen LogP contribution >= 0.6 is 0 Å². The number of carbonyl (C=O) groups is 2. The van der Waals surface area contributed by atoms with Gasteiger partial charge in [0.2, 0.25) is 0 Å². The molecule has 1 aliphatic heterocycles. The fraction of sp³-hybridized carbons (Fsp3) is 0.846. The summed E-state index contributed by atoms with van der Waals surface area (Å²) < 4.78 is 10.1. The predicted molar refractivity (Wildman–Crippen MR) is 70.5 cm³/mol. The number of likely N-dealkylation sites (tertiary alicyclic amines) is 1. The highest BCUT2D eigenvalue weighted by Gasteiger charge is 2.44. The molecule has 1 aliphatic rings. The van der Waals surface area contributed by atoms with Gasteiger partial charge in [-0.1, -0.05) is 0 Å². The van der Waals surface area contributed by atoms with Gasteiger partial charge >= 0.3 is 12.1 Å². The van der Waals surface area contributed by atoms with Gasteiger partial charge in [0.25, 0.3) is 0 Å². The highest BCUT2D eigenvalue weighted by molar-refractivity contribution is 5.78. The minimum atomic E-state index is -0.774. The van der Waals surface area contributed by atoms with Gasteiger partial charge < -0.3 is 20.1 Å². The van der Waals surface area contributed by atoms with Crippen LogP contribution in [0.15, 0.2) is 0 Å². The van der Waals surface area contributed by atoms with Gasteiger partial charge in [0, 0.05) is 19.1 Å². The first-order valence-corrected chi connectivity index (χ1v) is 6.39. The number of ether oxygens (including phenoxy) is 2. The van der Waals surface area contributed by atoms with Gasteiger partial charge in [-0.2, -0.15) is 0 Å². The minimum absolute atomic E-state index is 0.259. The Balaban J connectivity index is 2.81. The molecular weight excluding hydrogens is 248 g/mol. The van der Waals surface area contributed by atoms with Crippen molar-refractivity contribution in [2.24, 2.45) is 11.1 Å². The molecule has 110 valence electrons. The lowest BCUT2D eigenvalue weighted by Crippen LogP contribution is -2.56. The summed E-state index contributed by atoms with van der Waals surface area (Å²) in [6.45, 7) is 7.82. The number of hydrogen-bond donors (Lipinski definition) is 1. The molecule has 0 radical (unpaired) electrons. The number of esters is 1. The van der Waals surface area contributed by atoms with Crippen LogP contribution in [0.1, 0.15) is 34.1 Å². The Bertz CT molecular complexity index is 364. The second-order valence-electron chi connectivity index (χ2n) is 6.38. The van der Waals surface area contributed by atoms with E-state index >= 15 is 0 Å². The van der Waals surface area contributed by atoms with E-state index in [0.717, 1.165) is 0 Å². The molecular formula is C13H24N2O4. The topological polar surface area (TPSA) is 81.9 Å². The molecule has 19 heavy (non-hydrogen) atoms. The maximum Gasteiger partial charge on any atom is 0.410 e. The van der Waals surface area contributed by atoms with E-state index < -0.39 is 17.1 Å². The summed E-state index contributed by atoms with van der Waals surface area (Å²) in [5.74, 6) is -0.351. The number of carbonyl (C=O) groups excluding carboxylic acids is 2. The van der Waals surface area contributed by atoms with Crippen molar-refractivity contribution < 1.29 is 19.1 Å². The van der Waals surface area contributed by atoms with Crippen molar-refractivity contribution in [2.75, 3.05) is 20.2 Å². The monoisotopic (exact) mass is 272 g/mol. The van der Waals surface area contributed by atoms with Gasteiger partial charge in [-0.25, -0.2) is 4.79 Å². The van der Waals surface area contributed by atoms with Gasteiger partial charge in [0.15, 0.2) is 0 Å². The van der Waals surface area contributed by atoms with Crippen molar-refractivity contribution in [3.8, 4) is 0 Å². The van der Waals surface area contributed by atoms with E-state index in [1.807, 2.05) is 0 Å². The SMILES string of the molecule is COC(=O)C1(C)CC(N)CN(C(=O)OC(C)(C)C)C1. The maximum absolute atomic E-state index is 12.1. The van der Waals surface area contributed by atoms with Crippen LogP contribution in [0.5, 0.6) is 0 Å². The Morgan fingerprint density at radius 1 is 1.37 bits per heavy atom. The van der Waals surface area contributed by atoms with Gasteiger partial charge in [-0.15, -0.1) is 0 Å². The average molecular weight is 272 g/mol. The lowest BCUT2D eigenvalue weighted by atomic mass is 9.80. The molecule has 2 N–H and O–H groups in total. The Labute approximate surface area is 114 Å². The van der Waals surface area contributed by atoms with E-state index in [1.54, 1.807) is 27.7 Å². The van der Waals surface area contributed by atoms with E-state index in [0.29, 0.717) is 13.0 Å². The smallest absolute Gasteiger partial charge is 0.410 e. The van der Waals surface area contributed by atoms with E-state index in [9.17, 15) is 9.59 Å². The zero-order chi connectivity index (χ0) is 14.8. The molecule has 0 aliphatic carbocycles. The standard InChI is InChI=1S/C13H24N2O4/c1-12(2,3)19-11(17)15-7-9(14)6-13(4,8-15)10(16)18-5/h9H,6-8,14H2,1-5H3. The fourth-order valence-electron chi connectivity index (χ4n) is 2.34. The molecule has 6 nitrogen and oxygen atoms in total. The number of methoxy groups -OCH3 is 1. The van der Waals surface area contributed by atoms with Crippen molar-refractivity contribution in [1.82, 2.24) is 4.90 Å². The van der Waals surface area contributed by atoms with Crippen LogP contribution in [-0.2, 0) is 14.3 Å². The summed E-state index contributed by atoms with van der Waals surface area (Å²) >= 11 is 0. The number of hydrogen-bond acceptors (Lipinski definition) is 5. The summed E-state index contributed by atoms with van der Waals surface area (Å²) in [5, 5.41) is 0. The zero-order valence-corrected chi connectivity index (χ0v) is 12.4. The third-order valence-electron chi connectivity index (χ3n) is 3.04. The molecule has 1 rings (SSSR count). The molecule has 0 aromatic carbocycles. The van der Waals surface area contributed by atoms with Crippen LogP contribution in [0, 0.1) is 5.41 Å². The second kappa shape index (κ2) is 5.36. The molecule has 0 bridgehead atoms. The second-order valence-corrected chi connectivity index (χ2v) is 6.38. The van der Waals surface area contributed by atoms with Crippen molar-refractivity contribution in [3.05, 3.63) is 0 Å². The van der Waals surface area contributed by atoms with Crippen LogP contribution in [0.2, 0.25) is 0 Å². The lowest BCUT2D eigenvalue weighted by molar-refractivity contribution is -0.155. The minimum Gasteiger partial charge on any atom is -0.469 e. The van der Waals surface area contributed by atoms with E-state index in [1.165, 1.54) is 12.0 Å². The molecule has 0 aromatic heterocycles. The number of piperidine rings is 1. The molecule has 6 heteroatoms. The molecule has 1 fully saturated rings. The first kappa shape index (κ1) is 15.8. The highest BCUT2D eigenvalue weighted by atomic mass is 16.6. The summed E-state index contributed by atoms with van der Waals surface area (Å²) in [4.78, 5) is 25.4. The Morgan fingerprint density at radius 3 is 2.42 bits per heavy atom. The number of nitrogens with zero attached hydrogens (tertiary/aromatic N) is 1. The van der Waals surface area contributed by atoms with E-state index in [2.05, 4.69) is 0 Å². The normalized spacial score (nSPS) is 27.9. The van der Waals surface area contributed by atoms with Crippen molar-refractivity contribution in [2.45, 2.75) is 45.8 Å². The highest BCUT2D eigenvalue weighted by Crippen LogP contribution is 2.31. The van der Waals surface area contributed by atoms with E-state index in [-0.39, 0.29) is 18.6 Å². The van der Waals surface area contributed by atoms with Crippen LogP contribution in [-0.4, -0.2) is 48.8 Å². The van der Waals surface area contributed by atoms with Gasteiger partial charge in [0.05, 0.1) is 12.5 Å². The van der Waals surface area contributed by atoms with Crippen LogP contribution in [0.4, 0.5) is 4.79 Å². The molecule has 2 unspecified atom stereocenters. The largest absolute Gasteiger partial charge is 0.469 e. The molecule has 2 atom stereocenters. The van der Waals surface area contributed by atoms with Crippen molar-refractivity contribution in [1.29, 1.82) is 0 Å². The summed E-state index contributed by atoms with van der Waals surface area (Å²) in [6, 6.07) is -0.259. The third-order valence-corrected chi connectivity index (χ3v) is 3.04. The van der Waals surface area contributed by atoms with Gasteiger partial charge in [-0.3, -0.25) is 4.79 Å². The van der Waals surface area contributed by atoms with Crippen LogP contribution in [0.25, 0.3) is 0 Å². The molecule has 0 aromatic rings. The predicted octanol–water partition coefficient (Wildman–Crippen LogP) is 1.13. The Hall–Kier alpha value is -1.30. The quantitative estimate of drug-likeness (QED) is 0.724. The lowest BCUT2D eigenvalue weighted by Gasteiger charge is -2.41. The number of nitrogens with two attached hydrogens (primary N) is 1. The fourth-order valence-corrected chi connectivity index (χ4v) is 2.34. The molecule has 1 amide bonds. The summed E-state index contributed by atoms with van der Waals surface area (Å²) in [5.41, 5.74) is 4.59. The Kier molecular flexibility index (Phi) is 4.45. The first-order chi connectivity index (χ1) is 8.57. The third kappa shape index (κ3) is 4.09. The Morgan fingerprint density at radius 2 is 1.95 bits per heavy atom.